The van der Waals surface area contributed by atoms with Gasteiger partial charge in [0, 0.05) is 11.3 Å². The van der Waals surface area contributed by atoms with Crippen LogP contribution in [0.4, 0.5) is 5.69 Å². The highest BCUT2D eigenvalue weighted by Gasteiger charge is 2.41. The smallest absolute Gasteiger partial charge is 0.315 e. The minimum atomic E-state index is -0.408. The first-order valence-corrected chi connectivity index (χ1v) is 10.1. The Labute approximate surface area is 173 Å². The summed E-state index contributed by atoms with van der Waals surface area (Å²) in [6.45, 7) is 2.47. The Morgan fingerprint density at radius 3 is 2.38 bits per heavy atom. The molecule has 1 atom stereocenters. The first-order valence-electron chi connectivity index (χ1n) is 9.05. The van der Waals surface area contributed by atoms with Crippen molar-refractivity contribution in [1.82, 2.24) is 0 Å². The fraction of sp³-hybridized carbons (Fsp3) is 0.333. The standard InChI is InChI=1S/C21H23NO6S/c1-5-28-14-8-6-13(7-9-14)22-20(24)18-15(21(22)29-12-17(23)26-3)10-11-16(25-2)19(18)27-4/h6-11,21H,5,12H2,1-4H3. The molecule has 0 saturated heterocycles. The number of thioether (sulfide) groups is 1. The van der Waals surface area contributed by atoms with Gasteiger partial charge in [-0.15, -0.1) is 11.8 Å². The lowest BCUT2D eigenvalue weighted by atomic mass is 10.1. The average molecular weight is 417 g/mol. The molecule has 1 aliphatic rings. The van der Waals surface area contributed by atoms with Crippen LogP contribution in [0.5, 0.6) is 17.2 Å². The summed E-state index contributed by atoms with van der Waals surface area (Å²) in [7, 11) is 4.37. The molecule has 1 aliphatic heterocycles. The van der Waals surface area contributed by atoms with Gasteiger partial charge in [-0.2, -0.15) is 0 Å². The predicted molar refractivity (Wildman–Crippen MR) is 111 cm³/mol. The number of nitrogens with zero attached hydrogens (tertiary/aromatic N) is 1. The van der Waals surface area contributed by atoms with Crippen molar-refractivity contribution in [2.24, 2.45) is 0 Å². The van der Waals surface area contributed by atoms with Crippen LogP contribution in [-0.4, -0.2) is 45.6 Å². The van der Waals surface area contributed by atoms with Crippen molar-refractivity contribution in [2.75, 3.05) is 38.6 Å². The van der Waals surface area contributed by atoms with E-state index in [0.29, 0.717) is 29.4 Å². The van der Waals surface area contributed by atoms with Gasteiger partial charge < -0.3 is 18.9 Å². The van der Waals surface area contributed by atoms with Crippen LogP contribution >= 0.6 is 11.8 Å². The molecule has 0 bridgehead atoms. The number of carbonyl (C=O) groups excluding carboxylic acids is 2. The van der Waals surface area contributed by atoms with Crippen LogP contribution in [0.25, 0.3) is 0 Å². The van der Waals surface area contributed by atoms with Crippen LogP contribution in [-0.2, 0) is 9.53 Å². The van der Waals surface area contributed by atoms with Gasteiger partial charge in [0.15, 0.2) is 11.5 Å². The van der Waals surface area contributed by atoms with Crippen molar-refractivity contribution in [3.63, 3.8) is 0 Å². The van der Waals surface area contributed by atoms with Crippen molar-refractivity contribution in [2.45, 2.75) is 12.3 Å². The zero-order valence-electron chi connectivity index (χ0n) is 16.8. The Morgan fingerprint density at radius 1 is 1.07 bits per heavy atom. The highest BCUT2D eigenvalue weighted by molar-refractivity contribution is 8.00. The molecule has 0 aromatic heterocycles. The number of anilines is 1. The molecule has 0 aliphatic carbocycles. The molecule has 1 unspecified atom stereocenters. The number of carbonyl (C=O) groups is 2. The number of methoxy groups -OCH3 is 3. The molecule has 3 rings (SSSR count). The number of fused-ring (bicyclic) bond motifs is 1. The Balaban J connectivity index is 2.05. The maximum atomic E-state index is 13.4. The molecule has 0 N–H and O–H groups in total. The second kappa shape index (κ2) is 9.09. The topological polar surface area (TPSA) is 74.3 Å². The number of ether oxygens (including phenoxy) is 4. The Kier molecular flexibility index (Phi) is 6.53. The molecule has 29 heavy (non-hydrogen) atoms. The fourth-order valence-corrected chi connectivity index (χ4v) is 4.38. The lowest BCUT2D eigenvalue weighted by molar-refractivity contribution is -0.137. The van der Waals surface area contributed by atoms with E-state index in [0.717, 1.165) is 11.3 Å². The average Bonchev–Trinajstić information content (AvgIpc) is 3.03. The first-order chi connectivity index (χ1) is 14.0. The minimum Gasteiger partial charge on any atom is -0.494 e. The number of esters is 1. The summed E-state index contributed by atoms with van der Waals surface area (Å²) < 4.78 is 21.1. The largest absolute Gasteiger partial charge is 0.494 e. The summed E-state index contributed by atoms with van der Waals surface area (Å²) in [6.07, 6.45) is 0. The van der Waals surface area contributed by atoms with Gasteiger partial charge >= 0.3 is 5.97 Å². The maximum Gasteiger partial charge on any atom is 0.315 e. The summed E-state index contributed by atoms with van der Waals surface area (Å²) in [5.41, 5.74) is 1.89. The van der Waals surface area contributed by atoms with Crippen molar-refractivity contribution in [1.29, 1.82) is 0 Å². The zero-order valence-corrected chi connectivity index (χ0v) is 17.6. The highest BCUT2D eigenvalue weighted by Crippen LogP contribution is 2.49. The van der Waals surface area contributed by atoms with Gasteiger partial charge in [-0.1, -0.05) is 6.07 Å². The van der Waals surface area contributed by atoms with Crippen molar-refractivity contribution in [3.05, 3.63) is 47.5 Å². The zero-order chi connectivity index (χ0) is 21.0. The second-order valence-corrected chi connectivity index (χ2v) is 7.18. The third-order valence-electron chi connectivity index (χ3n) is 4.52. The molecule has 0 radical (unpaired) electrons. The Hall–Kier alpha value is -2.87. The van der Waals surface area contributed by atoms with Gasteiger partial charge in [0.2, 0.25) is 0 Å². The molecule has 8 heteroatoms. The van der Waals surface area contributed by atoms with Gasteiger partial charge in [0.05, 0.1) is 39.3 Å². The van der Waals surface area contributed by atoms with Crippen molar-refractivity contribution < 1.29 is 28.5 Å². The van der Waals surface area contributed by atoms with E-state index in [1.165, 1.54) is 33.1 Å². The quantitative estimate of drug-likeness (QED) is 0.607. The van der Waals surface area contributed by atoms with Crippen LogP contribution in [0.2, 0.25) is 0 Å². The monoisotopic (exact) mass is 417 g/mol. The Bertz CT molecular complexity index is 899. The molecule has 0 fully saturated rings. The van der Waals surface area contributed by atoms with E-state index in [9.17, 15) is 9.59 Å². The molecular weight excluding hydrogens is 394 g/mol. The number of amides is 1. The van der Waals surface area contributed by atoms with Crippen molar-refractivity contribution >= 4 is 29.3 Å². The predicted octanol–water partition coefficient (Wildman–Crippen LogP) is 3.67. The summed E-state index contributed by atoms with van der Waals surface area (Å²) in [5.74, 6) is 1.11. The molecule has 7 nitrogen and oxygen atoms in total. The molecule has 1 heterocycles. The van der Waals surface area contributed by atoms with E-state index in [4.69, 9.17) is 18.9 Å². The van der Waals surface area contributed by atoms with Crippen LogP contribution < -0.4 is 19.1 Å². The summed E-state index contributed by atoms with van der Waals surface area (Å²) in [6, 6.07) is 10.9. The van der Waals surface area contributed by atoms with E-state index in [2.05, 4.69) is 0 Å². The lowest BCUT2D eigenvalue weighted by Gasteiger charge is -2.25. The summed E-state index contributed by atoms with van der Waals surface area (Å²) in [5, 5.41) is -0.408. The van der Waals surface area contributed by atoms with Crippen LogP contribution in [0, 0.1) is 0 Å². The van der Waals surface area contributed by atoms with Gasteiger partial charge in [-0.25, -0.2) is 0 Å². The van der Waals surface area contributed by atoms with E-state index in [1.54, 1.807) is 11.0 Å². The first kappa shape index (κ1) is 20.9. The Morgan fingerprint density at radius 2 is 1.79 bits per heavy atom. The molecular formula is C21H23NO6S. The van der Waals surface area contributed by atoms with Gasteiger partial charge in [-0.3, -0.25) is 14.5 Å². The van der Waals surface area contributed by atoms with E-state index < -0.39 is 5.37 Å². The molecule has 2 aromatic carbocycles. The van der Waals surface area contributed by atoms with Gasteiger partial charge in [0.1, 0.15) is 11.1 Å². The van der Waals surface area contributed by atoms with Gasteiger partial charge in [-0.05, 0) is 37.3 Å². The summed E-state index contributed by atoms with van der Waals surface area (Å²) in [4.78, 5) is 26.8. The third-order valence-corrected chi connectivity index (χ3v) is 5.71. The molecule has 154 valence electrons. The highest BCUT2D eigenvalue weighted by atomic mass is 32.2. The SMILES string of the molecule is CCOc1ccc(N2C(=O)c3c(ccc(OC)c3OC)C2SCC(=O)OC)cc1. The molecule has 2 aromatic rings. The maximum absolute atomic E-state index is 13.4. The number of benzene rings is 2. The van der Waals surface area contributed by atoms with E-state index in [-0.39, 0.29) is 17.6 Å². The number of hydrogen-bond donors (Lipinski definition) is 0. The number of rotatable bonds is 8. The van der Waals surface area contributed by atoms with Gasteiger partial charge in [0.25, 0.3) is 5.91 Å². The third kappa shape index (κ3) is 3.98. The normalized spacial score (nSPS) is 15.1. The van der Waals surface area contributed by atoms with Crippen molar-refractivity contribution in [3.8, 4) is 17.2 Å². The van der Waals surface area contributed by atoms with Crippen LogP contribution in [0.15, 0.2) is 36.4 Å². The van der Waals surface area contributed by atoms with E-state index >= 15 is 0 Å². The fourth-order valence-electron chi connectivity index (χ4n) is 3.23. The van der Waals surface area contributed by atoms with Crippen LogP contribution in [0.3, 0.4) is 0 Å². The van der Waals surface area contributed by atoms with E-state index in [1.807, 2.05) is 37.3 Å². The second-order valence-electron chi connectivity index (χ2n) is 6.11. The molecule has 0 spiro atoms. The molecule has 0 saturated carbocycles. The molecule has 1 amide bonds. The van der Waals surface area contributed by atoms with Crippen LogP contribution in [0.1, 0.15) is 28.2 Å². The summed E-state index contributed by atoms with van der Waals surface area (Å²) >= 11 is 1.32. The number of hydrogen-bond acceptors (Lipinski definition) is 7. The lowest BCUT2D eigenvalue weighted by Crippen LogP contribution is -2.27. The minimum absolute atomic E-state index is 0.107.